The van der Waals surface area contributed by atoms with Gasteiger partial charge >= 0.3 is 0 Å². The van der Waals surface area contributed by atoms with Gasteiger partial charge in [-0.1, -0.05) is 24.3 Å². The quantitative estimate of drug-likeness (QED) is 0.559. The third-order valence-corrected chi connectivity index (χ3v) is 5.10. The molecular formula is C22H28N2. The SMILES string of the molecule is CCN(C)/C=N\c1cc(C)c(Cc2ccc3c(c2)CCC3)cc1C. The smallest absolute Gasteiger partial charge is 0.0909 e. The van der Waals surface area contributed by atoms with Crippen LogP contribution in [0, 0.1) is 13.8 Å². The Morgan fingerprint density at radius 1 is 1.04 bits per heavy atom. The molecule has 0 heterocycles. The lowest BCUT2D eigenvalue weighted by Gasteiger charge is -2.12. The van der Waals surface area contributed by atoms with Gasteiger partial charge in [-0.05, 0) is 85.9 Å². The van der Waals surface area contributed by atoms with E-state index >= 15 is 0 Å². The molecule has 2 heteroatoms. The molecule has 1 aliphatic carbocycles. The summed E-state index contributed by atoms with van der Waals surface area (Å²) in [5.41, 5.74) is 9.60. The molecular weight excluding hydrogens is 292 g/mol. The number of benzene rings is 2. The summed E-state index contributed by atoms with van der Waals surface area (Å²) < 4.78 is 0. The second kappa shape index (κ2) is 7.21. The number of aliphatic imine (C=N–C) groups is 1. The fourth-order valence-corrected chi connectivity index (χ4v) is 3.39. The van der Waals surface area contributed by atoms with Gasteiger partial charge in [-0.3, -0.25) is 0 Å². The lowest BCUT2D eigenvalue weighted by molar-refractivity contribution is 0.552. The van der Waals surface area contributed by atoms with E-state index in [1.807, 2.05) is 13.4 Å². The van der Waals surface area contributed by atoms with Crippen LogP contribution in [0.4, 0.5) is 5.69 Å². The van der Waals surface area contributed by atoms with Gasteiger partial charge in [-0.15, -0.1) is 0 Å². The predicted octanol–water partition coefficient (Wildman–Crippen LogP) is 4.99. The van der Waals surface area contributed by atoms with E-state index in [0.29, 0.717) is 0 Å². The first-order valence-corrected chi connectivity index (χ1v) is 9.02. The van der Waals surface area contributed by atoms with E-state index in [-0.39, 0.29) is 0 Å². The largest absolute Gasteiger partial charge is 0.366 e. The van der Waals surface area contributed by atoms with Gasteiger partial charge in [-0.2, -0.15) is 0 Å². The fourth-order valence-electron chi connectivity index (χ4n) is 3.39. The summed E-state index contributed by atoms with van der Waals surface area (Å²) in [6, 6.07) is 11.6. The van der Waals surface area contributed by atoms with Crippen molar-refractivity contribution in [2.75, 3.05) is 13.6 Å². The summed E-state index contributed by atoms with van der Waals surface area (Å²) >= 11 is 0. The van der Waals surface area contributed by atoms with Crippen molar-refractivity contribution in [1.82, 2.24) is 4.90 Å². The molecule has 0 aliphatic heterocycles. The minimum atomic E-state index is 0.970. The summed E-state index contributed by atoms with van der Waals surface area (Å²) in [5.74, 6) is 0. The molecule has 24 heavy (non-hydrogen) atoms. The number of nitrogens with zero attached hydrogens (tertiary/aromatic N) is 2. The standard InChI is InChI=1S/C22H28N2/c1-5-24(4)15-23-22-12-16(2)21(11-17(22)3)14-18-9-10-19-7-6-8-20(19)13-18/h9-13,15H,5-8,14H2,1-4H3/b23-15-. The molecule has 0 bridgehead atoms. The molecule has 126 valence electrons. The molecule has 2 aromatic rings. The number of fused-ring (bicyclic) bond motifs is 1. The van der Waals surface area contributed by atoms with E-state index in [0.717, 1.165) is 18.7 Å². The zero-order chi connectivity index (χ0) is 17.1. The van der Waals surface area contributed by atoms with E-state index in [1.165, 1.54) is 41.5 Å². The molecule has 2 nitrogen and oxygen atoms in total. The van der Waals surface area contributed by atoms with E-state index in [4.69, 9.17) is 0 Å². The van der Waals surface area contributed by atoms with Crippen molar-refractivity contribution in [3.63, 3.8) is 0 Å². The maximum Gasteiger partial charge on any atom is 0.0909 e. The first-order valence-electron chi connectivity index (χ1n) is 9.02. The van der Waals surface area contributed by atoms with Crippen LogP contribution in [-0.4, -0.2) is 24.8 Å². The molecule has 0 saturated carbocycles. The molecule has 2 aromatic carbocycles. The number of hydrogen-bond donors (Lipinski definition) is 0. The van der Waals surface area contributed by atoms with Crippen molar-refractivity contribution in [3.05, 3.63) is 63.7 Å². The van der Waals surface area contributed by atoms with Gasteiger partial charge in [-0.25, -0.2) is 4.99 Å². The summed E-state index contributed by atoms with van der Waals surface area (Å²) in [4.78, 5) is 6.72. The van der Waals surface area contributed by atoms with Crippen LogP contribution in [0.1, 0.15) is 46.7 Å². The third-order valence-electron chi connectivity index (χ3n) is 5.10. The lowest BCUT2D eigenvalue weighted by Crippen LogP contribution is -2.14. The lowest BCUT2D eigenvalue weighted by atomic mass is 9.96. The second-order valence-electron chi connectivity index (χ2n) is 7.02. The maximum atomic E-state index is 4.63. The van der Waals surface area contributed by atoms with Crippen LogP contribution in [0.5, 0.6) is 0 Å². The normalized spacial score (nSPS) is 13.5. The molecule has 0 fully saturated rings. The average molecular weight is 320 g/mol. The highest BCUT2D eigenvalue weighted by Gasteiger charge is 2.12. The molecule has 3 rings (SSSR count). The van der Waals surface area contributed by atoms with Crippen molar-refractivity contribution in [2.24, 2.45) is 4.99 Å². The predicted molar refractivity (Wildman–Crippen MR) is 104 cm³/mol. The van der Waals surface area contributed by atoms with Crippen molar-refractivity contribution in [3.8, 4) is 0 Å². The second-order valence-corrected chi connectivity index (χ2v) is 7.02. The van der Waals surface area contributed by atoms with Crippen molar-refractivity contribution in [2.45, 2.75) is 46.5 Å². The van der Waals surface area contributed by atoms with Crippen LogP contribution in [0.2, 0.25) is 0 Å². The van der Waals surface area contributed by atoms with Crippen LogP contribution in [0.15, 0.2) is 35.3 Å². The first-order chi connectivity index (χ1) is 11.6. The van der Waals surface area contributed by atoms with Gasteiger partial charge in [0.05, 0.1) is 12.0 Å². The Bertz CT molecular complexity index is 759. The molecule has 0 unspecified atom stereocenters. The maximum absolute atomic E-state index is 4.63. The summed E-state index contributed by atoms with van der Waals surface area (Å²) in [6.07, 6.45) is 6.75. The highest BCUT2D eigenvalue weighted by molar-refractivity contribution is 5.64. The third kappa shape index (κ3) is 3.69. The fraction of sp³-hybridized carbons (Fsp3) is 0.409. The zero-order valence-corrected chi connectivity index (χ0v) is 15.4. The Morgan fingerprint density at radius 2 is 1.83 bits per heavy atom. The van der Waals surface area contributed by atoms with Crippen LogP contribution in [-0.2, 0) is 19.3 Å². The Balaban J connectivity index is 1.81. The molecule has 1 aliphatic rings. The molecule has 0 saturated heterocycles. The number of rotatable bonds is 5. The van der Waals surface area contributed by atoms with Crippen molar-refractivity contribution < 1.29 is 0 Å². The van der Waals surface area contributed by atoms with Crippen molar-refractivity contribution in [1.29, 1.82) is 0 Å². The highest BCUT2D eigenvalue weighted by atomic mass is 15.1. The van der Waals surface area contributed by atoms with E-state index in [2.05, 4.69) is 61.0 Å². The molecule has 0 radical (unpaired) electrons. The van der Waals surface area contributed by atoms with Crippen LogP contribution in [0.25, 0.3) is 0 Å². The van der Waals surface area contributed by atoms with Crippen molar-refractivity contribution >= 4 is 12.0 Å². The van der Waals surface area contributed by atoms with Gasteiger partial charge < -0.3 is 4.90 Å². The number of hydrogen-bond acceptors (Lipinski definition) is 1. The van der Waals surface area contributed by atoms with Gasteiger partial charge in [0.15, 0.2) is 0 Å². The highest BCUT2D eigenvalue weighted by Crippen LogP contribution is 2.27. The van der Waals surface area contributed by atoms with E-state index in [9.17, 15) is 0 Å². The zero-order valence-electron chi connectivity index (χ0n) is 15.4. The molecule has 0 aromatic heterocycles. The molecule has 0 amide bonds. The van der Waals surface area contributed by atoms with Gasteiger partial charge in [0.1, 0.15) is 0 Å². The Labute approximate surface area is 146 Å². The van der Waals surface area contributed by atoms with Crippen LogP contribution in [0.3, 0.4) is 0 Å². The van der Waals surface area contributed by atoms with Crippen LogP contribution >= 0.6 is 0 Å². The monoisotopic (exact) mass is 320 g/mol. The van der Waals surface area contributed by atoms with Gasteiger partial charge in [0.25, 0.3) is 0 Å². The van der Waals surface area contributed by atoms with Gasteiger partial charge in [0, 0.05) is 13.6 Å². The molecule has 0 N–H and O–H groups in total. The summed E-state index contributed by atoms with van der Waals surface area (Å²) in [5, 5.41) is 0. The van der Waals surface area contributed by atoms with E-state index in [1.54, 1.807) is 11.1 Å². The summed E-state index contributed by atoms with van der Waals surface area (Å²) in [6.45, 7) is 7.46. The first kappa shape index (κ1) is 16.8. The Morgan fingerprint density at radius 3 is 2.62 bits per heavy atom. The summed E-state index contributed by atoms with van der Waals surface area (Å²) in [7, 11) is 2.05. The Hall–Kier alpha value is -2.09. The minimum Gasteiger partial charge on any atom is -0.366 e. The Kier molecular flexibility index (Phi) is 5.03. The average Bonchev–Trinajstić information content (AvgIpc) is 3.04. The van der Waals surface area contributed by atoms with E-state index < -0.39 is 0 Å². The molecule has 0 spiro atoms. The molecule has 0 atom stereocenters. The minimum absolute atomic E-state index is 0.970. The topological polar surface area (TPSA) is 15.6 Å². The van der Waals surface area contributed by atoms with Gasteiger partial charge in [0.2, 0.25) is 0 Å². The van der Waals surface area contributed by atoms with Crippen LogP contribution < -0.4 is 0 Å². The number of aryl methyl sites for hydroxylation is 4.